The quantitative estimate of drug-likeness (QED) is 0.439. The van der Waals surface area contributed by atoms with Crippen molar-refractivity contribution in [1.82, 2.24) is 9.21 Å². The van der Waals surface area contributed by atoms with Crippen LogP contribution in [-0.4, -0.2) is 63.4 Å². The maximum Gasteiger partial charge on any atom is 0.243 e. The van der Waals surface area contributed by atoms with Crippen LogP contribution in [0.4, 0.5) is 10.1 Å². The lowest BCUT2D eigenvalue weighted by Crippen LogP contribution is -2.51. The zero-order valence-corrected chi connectivity index (χ0v) is 21.4. The molecule has 10 heteroatoms. The first-order valence-electron chi connectivity index (χ1n) is 11.4. The third-order valence-electron chi connectivity index (χ3n) is 6.14. The lowest BCUT2D eigenvalue weighted by atomic mass is 10.2. The molecule has 0 saturated carbocycles. The van der Waals surface area contributed by atoms with Crippen molar-refractivity contribution in [2.24, 2.45) is 0 Å². The minimum atomic E-state index is -4.09. The first-order valence-corrected chi connectivity index (χ1v) is 13.3. The van der Waals surface area contributed by atoms with Gasteiger partial charge in [-0.1, -0.05) is 29.8 Å². The van der Waals surface area contributed by atoms with E-state index < -0.39 is 22.4 Å². The molecule has 0 spiro atoms. The second kappa shape index (κ2) is 11.3. The van der Waals surface area contributed by atoms with Crippen LogP contribution < -0.4 is 9.64 Å². The molecule has 3 aromatic rings. The zero-order chi connectivity index (χ0) is 25.7. The molecule has 0 N–H and O–H groups in total. The van der Waals surface area contributed by atoms with Crippen LogP contribution in [0, 0.1) is 5.82 Å². The van der Waals surface area contributed by atoms with Crippen molar-refractivity contribution in [3.63, 3.8) is 0 Å². The molecule has 0 radical (unpaired) electrons. The summed E-state index contributed by atoms with van der Waals surface area (Å²) in [5.41, 5.74) is 1.21. The Labute approximate surface area is 215 Å². The third-order valence-corrected chi connectivity index (χ3v) is 8.20. The number of benzene rings is 3. The van der Waals surface area contributed by atoms with Gasteiger partial charge in [0.1, 0.15) is 11.6 Å². The van der Waals surface area contributed by atoms with E-state index >= 15 is 0 Å². The number of amides is 1. The largest absolute Gasteiger partial charge is 0.497 e. The average molecular weight is 532 g/mol. The normalized spacial score (nSPS) is 14.2. The molecule has 36 heavy (non-hydrogen) atoms. The predicted octanol–water partition coefficient (Wildman–Crippen LogP) is 4.03. The Kier molecular flexibility index (Phi) is 8.13. The summed E-state index contributed by atoms with van der Waals surface area (Å²) >= 11 is 5.92. The second-order valence-electron chi connectivity index (χ2n) is 8.38. The molecular formula is C26H27ClFN3O4S. The maximum absolute atomic E-state index is 14.4. The molecule has 1 aliphatic heterocycles. The molecular weight excluding hydrogens is 505 g/mol. The molecule has 1 saturated heterocycles. The van der Waals surface area contributed by atoms with Gasteiger partial charge in [-0.2, -0.15) is 4.31 Å². The second-order valence-corrected chi connectivity index (χ2v) is 10.8. The number of carbonyl (C=O) groups excluding carboxylic acids is 1. The van der Waals surface area contributed by atoms with Crippen LogP contribution in [0.2, 0.25) is 5.02 Å². The van der Waals surface area contributed by atoms with E-state index in [4.69, 9.17) is 16.3 Å². The summed E-state index contributed by atoms with van der Waals surface area (Å²) in [6.07, 6.45) is 0. The minimum absolute atomic E-state index is 0.0136. The summed E-state index contributed by atoms with van der Waals surface area (Å²) in [4.78, 5) is 17.0. The van der Waals surface area contributed by atoms with Crippen LogP contribution in [0.3, 0.4) is 0 Å². The highest BCUT2D eigenvalue weighted by Crippen LogP contribution is 2.23. The van der Waals surface area contributed by atoms with Crippen LogP contribution in [0.5, 0.6) is 5.75 Å². The van der Waals surface area contributed by atoms with Crippen LogP contribution >= 0.6 is 11.6 Å². The Morgan fingerprint density at radius 3 is 2.22 bits per heavy atom. The minimum Gasteiger partial charge on any atom is -0.497 e. The summed E-state index contributed by atoms with van der Waals surface area (Å²) < 4.78 is 47.5. The number of rotatable bonds is 8. The number of hydrogen-bond donors (Lipinski definition) is 0. The average Bonchev–Trinajstić information content (AvgIpc) is 2.90. The molecule has 1 amide bonds. The molecule has 190 valence electrons. The van der Waals surface area contributed by atoms with Crippen LogP contribution in [0.1, 0.15) is 5.56 Å². The van der Waals surface area contributed by atoms with Gasteiger partial charge in [0.15, 0.2) is 0 Å². The van der Waals surface area contributed by atoms with Crippen molar-refractivity contribution in [3.05, 3.63) is 89.2 Å². The van der Waals surface area contributed by atoms with Crippen LogP contribution in [0.25, 0.3) is 0 Å². The lowest BCUT2D eigenvalue weighted by molar-refractivity contribution is -0.131. The lowest BCUT2D eigenvalue weighted by Gasteiger charge is -2.37. The summed E-state index contributed by atoms with van der Waals surface area (Å²) in [6, 6.07) is 19.3. The van der Waals surface area contributed by atoms with Gasteiger partial charge in [-0.3, -0.25) is 4.79 Å². The number of halogens is 2. The molecule has 1 aliphatic rings. The van der Waals surface area contributed by atoms with Crippen LogP contribution in [0.15, 0.2) is 77.7 Å². The van der Waals surface area contributed by atoms with E-state index in [1.165, 1.54) is 42.5 Å². The number of anilines is 1. The third kappa shape index (κ3) is 5.98. The predicted molar refractivity (Wildman–Crippen MR) is 137 cm³/mol. The van der Waals surface area contributed by atoms with Crippen LogP contribution in [-0.2, 0) is 21.4 Å². The number of sulfonamides is 1. The molecule has 0 bridgehead atoms. The van der Waals surface area contributed by atoms with Gasteiger partial charge in [0.05, 0.1) is 18.6 Å². The molecule has 7 nitrogen and oxygen atoms in total. The van der Waals surface area contributed by atoms with Gasteiger partial charge in [0.2, 0.25) is 15.9 Å². The van der Waals surface area contributed by atoms with E-state index in [9.17, 15) is 17.6 Å². The Balaban J connectivity index is 1.49. The Morgan fingerprint density at radius 2 is 1.61 bits per heavy atom. The molecule has 1 heterocycles. The van der Waals surface area contributed by atoms with Crippen molar-refractivity contribution in [2.45, 2.75) is 11.4 Å². The highest BCUT2D eigenvalue weighted by Gasteiger charge is 2.30. The number of methoxy groups -OCH3 is 1. The Bertz CT molecular complexity index is 1300. The molecule has 4 rings (SSSR count). The van der Waals surface area contributed by atoms with Crippen molar-refractivity contribution in [1.29, 1.82) is 0 Å². The highest BCUT2D eigenvalue weighted by molar-refractivity contribution is 7.89. The molecule has 3 aromatic carbocycles. The molecule has 0 aromatic heterocycles. The van der Waals surface area contributed by atoms with Gasteiger partial charge in [-0.25, -0.2) is 12.8 Å². The SMILES string of the molecule is COc1ccc(N2CCN(C(=O)CN(Cc3ccccc3F)S(=O)(=O)c3ccc(Cl)cc3)CC2)cc1. The standard InChI is InChI=1S/C26H27ClFN3O4S/c1-35-23-10-8-22(9-11-23)29-14-16-30(17-15-29)26(32)19-31(18-20-4-2-3-5-25(20)28)36(33,34)24-12-6-21(27)7-13-24/h2-13H,14-19H2,1H3. The van der Waals surface area contributed by atoms with E-state index in [1.54, 1.807) is 18.1 Å². The van der Waals surface area contributed by atoms with Gasteiger partial charge in [0.25, 0.3) is 0 Å². The van der Waals surface area contributed by atoms with Gasteiger partial charge < -0.3 is 14.5 Å². The number of hydrogen-bond acceptors (Lipinski definition) is 5. The van der Waals surface area contributed by atoms with E-state index in [0.29, 0.717) is 31.2 Å². The highest BCUT2D eigenvalue weighted by atomic mass is 35.5. The molecule has 0 unspecified atom stereocenters. The van der Waals surface area contributed by atoms with Crippen molar-refractivity contribution in [2.75, 3.05) is 44.7 Å². The van der Waals surface area contributed by atoms with E-state index in [0.717, 1.165) is 15.7 Å². The van der Waals surface area contributed by atoms with E-state index in [1.807, 2.05) is 24.3 Å². The summed E-state index contributed by atoms with van der Waals surface area (Å²) in [5.74, 6) is -0.1000. The summed E-state index contributed by atoms with van der Waals surface area (Å²) in [6.45, 7) is 1.43. The van der Waals surface area contributed by atoms with Crippen molar-refractivity contribution >= 4 is 33.2 Å². The van der Waals surface area contributed by atoms with Gasteiger partial charge >= 0.3 is 0 Å². The fourth-order valence-corrected chi connectivity index (χ4v) is 5.55. The van der Waals surface area contributed by atoms with Gasteiger partial charge in [0, 0.05) is 49.0 Å². The van der Waals surface area contributed by atoms with Crippen molar-refractivity contribution in [3.8, 4) is 5.75 Å². The Hall–Kier alpha value is -3.14. The molecule has 0 atom stereocenters. The van der Waals surface area contributed by atoms with Gasteiger partial charge in [-0.15, -0.1) is 0 Å². The first kappa shape index (κ1) is 25.9. The molecule has 0 aliphatic carbocycles. The van der Waals surface area contributed by atoms with E-state index in [2.05, 4.69) is 4.90 Å². The monoisotopic (exact) mass is 531 g/mol. The summed E-state index contributed by atoms with van der Waals surface area (Å²) in [7, 11) is -2.48. The number of carbonyl (C=O) groups is 1. The smallest absolute Gasteiger partial charge is 0.243 e. The summed E-state index contributed by atoms with van der Waals surface area (Å²) in [5, 5.41) is 0.389. The number of nitrogens with zero attached hydrogens (tertiary/aromatic N) is 3. The fourth-order valence-electron chi connectivity index (χ4n) is 4.06. The molecule has 1 fully saturated rings. The topological polar surface area (TPSA) is 70.2 Å². The first-order chi connectivity index (χ1) is 17.3. The van der Waals surface area contributed by atoms with Gasteiger partial charge in [-0.05, 0) is 54.6 Å². The number of ether oxygens (including phenoxy) is 1. The van der Waals surface area contributed by atoms with Crippen molar-refractivity contribution < 1.29 is 22.3 Å². The Morgan fingerprint density at radius 1 is 0.972 bits per heavy atom. The number of piperazine rings is 1. The maximum atomic E-state index is 14.4. The fraction of sp³-hybridized carbons (Fsp3) is 0.269. The van der Waals surface area contributed by atoms with E-state index in [-0.39, 0.29) is 22.9 Å². The zero-order valence-electron chi connectivity index (χ0n) is 19.8.